The predicted octanol–water partition coefficient (Wildman–Crippen LogP) is 2.78. The Hall–Kier alpha value is -2.34. The summed E-state index contributed by atoms with van der Waals surface area (Å²) in [5, 5.41) is 7.07. The molecule has 1 fully saturated rings. The molecule has 128 valence electrons. The molecule has 1 unspecified atom stereocenters. The molecule has 0 aliphatic carbocycles. The van der Waals surface area contributed by atoms with Gasteiger partial charge in [-0.2, -0.15) is 5.10 Å². The summed E-state index contributed by atoms with van der Waals surface area (Å²) in [5.74, 6) is 0.486. The number of anilines is 1. The number of rotatable bonds is 6. The van der Waals surface area contributed by atoms with E-state index in [9.17, 15) is 4.79 Å². The lowest BCUT2D eigenvalue weighted by Gasteiger charge is -2.22. The van der Waals surface area contributed by atoms with E-state index >= 15 is 0 Å². The predicted molar refractivity (Wildman–Crippen MR) is 91.1 cm³/mol. The Bertz CT molecular complexity index is 678. The summed E-state index contributed by atoms with van der Waals surface area (Å²) in [5.41, 5.74) is 1.77. The number of nitrogens with one attached hydrogen (secondary N) is 1. The molecule has 1 aliphatic heterocycles. The molecule has 0 spiro atoms. The van der Waals surface area contributed by atoms with Crippen molar-refractivity contribution in [1.29, 1.82) is 0 Å². The van der Waals surface area contributed by atoms with Gasteiger partial charge in [0.15, 0.2) is 6.61 Å². The third-order valence-corrected chi connectivity index (χ3v) is 3.94. The average molecular weight is 329 g/mol. The fourth-order valence-corrected chi connectivity index (χ4v) is 2.74. The molecule has 3 rings (SSSR count). The smallest absolute Gasteiger partial charge is 0.262 e. The van der Waals surface area contributed by atoms with E-state index in [1.165, 1.54) is 6.42 Å². The van der Waals surface area contributed by atoms with Crippen LogP contribution in [0.3, 0.4) is 0 Å². The Morgan fingerprint density at radius 2 is 2.38 bits per heavy atom. The van der Waals surface area contributed by atoms with Gasteiger partial charge in [-0.15, -0.1) is 0 Å². The highest BCUT2D eigenvalue weighted by atomic mass is 16.5. The molecule has 24 heavy (non-hydrogen) atoms. The lowest BCUT2D eigenvalue weighted by molar-refractivity contribution is -0.118. The molecule has 2 aromatic rings. The standard InChI is InChI=1S/C18H23N3O3/c1-14-5-4-7-16(9-14)24-13-18(22)20-15-10-19-21(11-15)12-17-6-2-3-8-23-17/h4-5,7,9-11,17H,2-3,6,8,12-13H2,1H3,(H,20,22). The van der Waals surface area contributed by atoms with Crippen molar-refractivity contribution in [2.75, 3.05) is 18.5 Å². The van der Waals surface area contributed by atoms with Crippen LogP contribution < -0.4 is 10.1 Å². The van der Waals surface area contributed by atoms with Crippen molar-refractivity contribution in [1.82, 2.24) is 9.78 Å². The van der Waals surface area contributed by atoms with Gasteiger partial charge in [-0.05, 0) is 43.9 Å². The van der Waals surface area contributed by atoms with Crippen molar-refractivity contribution in [3.63, 3.8) is 0 Å². The monoisotopic (exact) mass is 329 g/mol. The van der Waals surface area contributed by atoms with Gasteiger partial charge < -0.3 is 14.8 Å². The molecule has 1 atom stereocenters. The fourth-order valence-electron chi connectivity index (χ4n) is 2.74. The van der Waals surface area contributed by atoms with E-state index in [-0.39, 0.29) is 18.6 Å². The molecule has 2 heterocycles. The number of aromatic nitrogens is 2. The van der Waals surface area contributed by atoms with Crippen LogP contribution in [-0.2, 0) is 16.1 Å². The topological polar surface area (TPSA) is 65.4 Å². The molecule has 6 nitrogen and oxygen atoms in total. The molecule has 1 amide bonds. The average Bonchev–Trinajstić information content (AvgIpc) is 3.01. The minimum absolute atomic E-state index is 0.0274. The minimum atomic E-state index is -0.204. The van der Waals surface area contributed by atoms with E-state index in [0.717, 1.165) is 31.6 Å². The zero-order chi connectivity index (χ0) is 16.8. The first-order valence-electron chi connectivity index (χ1n) is 8.32. The van der Waals surface area contributed by atoms with Crippen LogP contribution >= 0.6 is 0 Å². The number of amides is 1. The molecule has 0 saturated carbocycles. The third kappa shape index (κ3) is 4.83. The second-order valence-corrected chi connectivity index (χ2v) is 6.09. The molecular weight excluding hydrogens is 306 g/mol. The number of nitrogens with zero attached hydrogens (tertiary/aromatic N) is 2. The minimum Gasteiger partial charge on any atom is -0.484 e. The summed E-state index contributed by atoms with van der Waals surface area (Å²) in [6.07, 6.45) is 7.08. The molecule has 1 N–H and O–H groups in total. The van der Waals surface area contributed by atoms with Crippen LogP contribution in [0.1, 0.15) is 24.8 Å². The van der Waals surface area contributed by atoms with Crippen LogP contribution in [0.5, 0.6) is 5.75 Å². The highest BCUT2D eigenvalue weighted by Crippen LogP contribution is 2.15. The van der Waals surface area contributed by atoms with E-state index in [1.54, 1.807) is 6.20 Å². The summed E-state index contributed by atoms with van der Waals surface area (Å²) in [4.78, 5) is 12.0. The zero-order valence-corrected chi connectivity index (χ0v) is 13.9. The molecule has 1 saturated heterocycles. The zero-order valence-electron chi connectivity index (χ0n) is 13.9. The fraction of sp³-hybridized carbons (Fsp3) is 0.444. The molecule has 0 bridgehead atoms. The van der Waals surface area contributed by atoms with Gasteiger partial charge in [-0.1, -0.05) is 12.1 Å². The van der Waals surface area contributed by atoms with Crippen molar-refractivity contribution in [3.8, 4) is 5.75 Å². The van der Waals surface area contributed by atoms with Gasteiger partial charge in [0.25, 0.3) is 5.91 Å². The molecule has 1 aromatic carbocycles. The van der Waals surface area contributed by atoms with Crippen LogP contribution in [0.2, 0.25) is 0 Å². The Morgan fingerprint density at radius 3 is 3.17 bits per heavy atom. The molecule has 0 radical (unpaired) electrons. The van der Waals surface area contributed by atoms with Crippen molar-refractivity contribution in [2.24, 2.45) is 0 Å². The Morgan fingerprint density at radius 1 is 1.46 bits per heavy atom. The summed E-state index contributed by atoms with van der Waals surface area (Å²) in [6, 6.07) is 7.62. The number of ether oxygens (including phenoxy) is 2. The maximum atomic E-state index is 12.0. The maximum absolute atomic E-state index is 12.0. The lowest BCUT2D eigenvalue weighted by atomic mass is 10.1. The number of carbonyl (C=O) groups excluding carboxylic acids is 1. The number of carbonyl (C=O) groups is 1. The van der Waals surface area contributed by atoms with Gasteiger partial charge in [0.2, 0.25) is 0 Å². The van der Waals surface area contributed by atoms with E-state index < -0.39 is 0 Å². The highest BCUT2D eigenvalue weighted by Gasteiger charge is 2.15. The largest absolute Gasteiger partial charge is 0.484 e. The van der Waals surface area contributed by atoms with Crippen LogP contribution in [0, 0.1) is 6.92 Å². The number of aryl methyl sites for hydroxylation is 1. The Balaban J connectivity index is 1.46. The molecule has 1 aliphatic rings. The third-order valence-electron chi connectivity index (χ3n) is 3.94. The Labute approximate surface area is 141 Å². The van der Waals surface area contributed by atoms with Gasteiger partial charge in [0.05, 0.1) is 24.5 Å². The van der Waals surface area contributed by atoms with Crippen molar-refractivity contribution in [3.05, 3.63) is 42.2 Å². The second-order valence-electron chi connectivity index (χ2n) is 6.09. The van der Waals surface area contributed by atoms with Crippen LogP contribution in [0.15, 0.2) is 36.7 Å². The number of benzene rings is 1. The van der Waals surface area contributed by atoms with E-state index in [0.29, 0.717) is 11.4 Å². The molecular formula is C18H23N3O3. The quantitative estimate of drug-likeness (QED) is 0.885. The van der Waals surface area contributed by atoms with Gasteiger partial charge in [-0.25, -0.2) is 0 Å². The van der Waals surface area contributed by atoms with Gasteiger partial charge in [0.1, 0.15) is 5.75 Å². The van der Waals surface area contributed by atoms with Crippen molar-refractivity contribution in [2.45, 2.75) is 38.8 Å². The summed E-state index contributed by atoms with van der Waals surface area (Å²) in [7, 11) is 0. The highest BCUT2D eigenvalue weighted by molar-refractivity contribution is 5.91. The van der Waals surface area contributed by atoms with Crippen LogP contribution in [0.4, 0.5) is 5.69 Å². The SMILES string of the molecule is Cc1cccc(OCC(=O)Nc2cnn(CC3CCCCO3)c2)c1. The van der Waals surface area contributed by atoms with Crippen molar-refractivity contribution < 1.29 is 14.3 Å². The maximum Gasteiger partial charge on any atom is 0.262 e. The number of hydrogen-bond donors (Lipinski definition) is 1. The van der Waals surface area contributed by atoms with Crippen LogP contribution in [0.25, 0.3) is 0 Å². The van der Waals surface area contributed by atoms with E-state index in [4.69, 9.17) is 9.47 Å². The Kier molecular flexibility index (Phi) is 5.48. The number of hydrogen-bond acceptors (Lipinski definition) is 4. The first-order valence-corrected chi connectivity index (χ1v) is 8.32. The summed E-state index contributed by atoms with van der Waals surface area (Å²) >= 11 is 0. The van der Waals surface area contributed by atoms with Gasteiger partial charge in [-0.3, -0.25) is 9.48 Å². The first kappa shape index (κ1) is 16.5. The summed E-state index contributed by atoms with van der Waals surface area (Å²) < 4.78 is 13.0. The summed E-state index contributed by atoms with van der Waals surface area (Å²) in [6.45, 7) is 3.50. The molecule has 6 heteroatoms. The van der Waals surface area contributed by atoms with E-state index in [1.807, 2.05) is 42.1 Å². The van der Waals surface area contributed by atoms with Gasteiger partial charge >= 0.3 is 0 Å². The first-order chi connectivity index (χ1) is 11.7. The van der Waals surface area contributed by atoms with Gasteiger partial charge in [0, 0.05) is 12.8 Å². The van der Waals surface area contributed by atoms with Crippen LogP contribution in [-0.4, -0.2) is 35.0 Å². The second kappa shape index (κ2) is 7.97. The van der Waals surface area contributed by atoms with E-state index in [2.05, 4.69) is 10.4 Å². The van der Waals surface area contributed by atoms with Crippen molar-refractivity contribution >= 4 is 11.6 Å². The normalized spacial score (nSPS) is 17.5. The lowest BCUT2D eigenvalue weighted by Crippen LogP contribution is -2.24. The molecule has 1 aromatic heterocycles.